The summed E-state index contributed by atoms with van der Waals surface area (Å²) in [5.74, 6) is 0.676. The van der Waals surface area contributed by atoms with Crippen LogP contribution in [0.25, 0.3) is 120 Å². The summed E-state index contributed by atoms with van der Waals surface area (Å²) >= 11 is 1.75. The molecule has 3 heterocycles. The number of nitrogens with zero attached hydrogens (tertiary/aromatic N) is 2. The van der Waals surface area contributed by atoms with Gasteiger partial charge in [-0.1, -0.05) is 176 Å². The lowest BCUT2D eigenvalue weighted by Crippen LogP contribution is -1.95. The number of para-hydroxylation sites is 1. The summed E-state index contributed by atoms with van der Waals surface area (Å²) < 4.78 is 9.33. The number of fused-ring (bicyclic) bond motifs is 8. The third-order valence-electron chi connectivity index (χ3n) is 11.7. The van der Waals surface area contributed by atoms with Crippen LogP contribution >= 0.6 is 11.3 Å². The number of benzene rings is 9. The Morgan fingerprint density at radius 1 is 0.367 bits per heavy atom. The van der Waals surface area contributed by atoms with Gasteiger partial charge in [-0.05, 0) is 80.0 Å². The summed E-state index contributed by atoms with van der Waals surface area (Å²) in [5.41, 5.74) is 14.7. The molecule has 0 aliphatic rings. The van der Waals surface area contributed by atoms with E-state index in [1.807, 2.05) is 0 Å². The lowest BCUT2D eigenvalue weighted by atomic mass is 9.92. The Labute approximate surface area is 350 Å². The van der Waals surface area contributed by atoms with Gasteiger partial charge in [0.1, 0.15) is 11.2 Å². The van der Waals surface area contributed by atoms with E-state index < -0.39 is 0 Å². The van der Waals surface area contributed by atoms with Crippen molar-refractivity contribution in [3.8, 4) is 67.2 Å². The molecule has 280 valence electrons. The fraction of sp³-hybridized carbons (Fsp3) is 0. The van der Waals surface area contributed by atoms with Gasteiger partial charge in [-0.25, -0.2) is 9.97 Å². The molecule has 0 spiro atoms. The van der Waals surface area contributed by atoms with E-state index in [4.69, 9.17) is 14.4 Å². The van der Waals surface area contributed by atoms with Gasteiger partial charge in [-0.3, -0.25) is 0 Å². The van der Waals surface area contributed by atoms with Crippen molar-refractivity contribution in [1.29, 1.82) is 0 Å². The van der Waals surface area contributed by atoms with E-state index in [0.717, 1.165) is 87.4 Å². The number of rotatable bonds is 6. The predicted octanol–water partition coefficient (Wildman–Crippen LogP) is 15.9. The lowest BCUT2D eigenvalue weighted by Gasteiger charge is -2.11. The van der Waals surface area contributed by atoms with Crippen LogP contribution in [0.3, 0.4) is 0 Å². The van der Waals surface area contributed by atoms with Crippen molar-refractivity contribution in [3.05, 3.63) is 206 Å². The molecule has 0 radical (unpaired) electrons. The van der Waals surface area contributed by atoms with Gasteiger partial charge in [0.25, 0.3) is 0 Å². The van der Waals surface area contributed by atoms with Gasteiger partial charge in [0, 0.05) is 37.5 Å². The molecule has 12 rings (SSSR count). The average molecular weight is 783 g/mol. The van der Waals surface area contributed by atoms with E-state index in [0.29, 0.717) is 5.82 Å². The molecule has 3 aromatic heterocycles. The van der Waals surface area contributed by atoms with Crippen LogP contribution < -0.4 is 0 Å². The monoisotopic (exact) mass is 782 g/mol. The van der Waals surface area contributed by atoms with Crippen molar-refractivity contribution in [1.82, 2.24) is 9.97 Å². The Bertz CT molecular complexity index is 3510. The van der Waals surface area contributed by atoms with E-state index in [1.54, 1.807) is 11.3 Å². The molecule has 0 N–H and O–H groups in total. The van der Waals surface area contributed by atoms with Crippen molar-refractivity contribution in [2.75, 3.05) is 0 Å². The maximum absolute atomic E-state index is 7.06. The molecule has 0 bridgehead atoms. The Morgan fingerprint density at radius 2 is 0.900 bits per heavy atom. The zero-order chi connectivity index (χ0) is 39.6. The Morgan fingerprint density at radius 3 is 1.58 bits per heavy atom. The second kappa shape index (κ2) is 14.0. The van der Waals surface area contributed by atoms with Crippen LogP contribution in [0.15, 0.2) is 211 Å². The van der Waals surface area contributed by atoms with Gasteiger partial charge in [0.05, 0.1) is 15.9 Å². The highest BCUT2D eigenvalue weighted by molar-refractivity contribution is 7.26. The minimum Gasteiger partial charge on any atom is -0.455 e. The smallest absolute Gasteiger partial charge is 0.161 e. The van der Waals surface area contributed by atoms with E-state index >= 15 is 0 Å². The molecule has 9 aromatic carbocycles. The van der Waals surface area contributed by atoms with Crippen LogP contribution in [0.1, 0.15) is 0 Å². The summed E-state index contributed by atoms with van der Waals surface area (Å²) in [4.78, 5) is 10.8. The van der Waals surface area contributed by atoms with Crippen molar-refractivity contribution in [2.45, 2.75) is 0 Å². The molecule has 4 heteroatoms. The van der Waals surface area contributed by atoms with E-state index in [-0.39, 0.29) is 0 Å². The zero-order valence-corrected chi connectivity index (χ0v) is 33.2. The fourth-order valence-corrected chi connectivity index (χ4v) is 9.96. The number of thiophene rings is 1. The van der Waals surface area contributed by atoms with Crippen LogP contribution in [-0.2, 0) is 0 Å². The van der Waals surface area contributed by atoms with Crippen molar-refractivity contribution < 1.29 is 4.42 Å². The van der Waals surface area contributed by atoms with Crippen LogP contribution in [0.5, 0.6) is 0 Å². The van der Waals surface area contributed by atoms with Gasteiger partial charge in [-0.2, -0.15) is 0 Å². The predicted molar refractivity (Wildman–Crippen MR) is 252 cm³/mol. The molecule has 3 nitrogen and oxygen atoms in total. The first kappa shape index (κ1) is 34.4. The highest BCUT2D eigenvalue weighted by atomic mass is 32.1. The van der Waals surface area contributed by atoms with E-state index in [9.17, 15) is 0 Å². The summed E-state index contributed by atoms with van der Waals surface area (Å²) in [5, 5.41) is 5.49. The van der Waals surface area contributed by atoms with Crippen LogP contribution in [0.2, 0.25) is 0 Å². The number of hydrogen-bond donors (Lipinski definition) is 0. The second-order valence-corrected chi connectivity index (χ2v) is 16.3. The summed E-state index contributed by atoms with van der Waals surface area (Å²) in [7, 11) is 0. The number of aromatic nitrogens is 2. The SMILES string of the molecule is c1ccc(-c2ccc(-c3nc(-c4cc5oc6c(-c7cc(-c8ccccc8)cc(-c8ccccc8)c7)cccc6c5c5ccccc45)nc4c3sc3ccccc34)cc2)cc1. The highest BCUT2D eigenvalue weighted by Gasteiger charge is 2.22. The van der Waals surface area contributed by atoms with E-state index in [1.165, 1.54) is 27.0 Å². The third kappa shape index (κ3) is 5.72. The molecule has 0 saturated heterocycles. The summed E-state index contributed by atoms with van der Waals surface area (Å²) in [6.07, 6.45) is 0. The van der Waals surface area contributed by atoms with Crippen molar-refractivity contribution in [3.63, 3.8) is 0 Å². The van der Waals surface area contributed by atoms with Gasteiger partial charge >= 0.3 is 0 Å². The first-order valence-corrected chi connectivity index (χ1v) is 21.0. The molecule has 0 aliphatic heterocycles. The minimum atomic E-state index is 0.676. The Kier molecular flexibility index (Phi) is 8.03. The van der Waals surface area contributed by atoms with Gasteiger partial charge in [0.2, 0.25) is 0 Å². The summed E-state index contributed by atoms with van der Waals surface area (Å²) in [6.45, 7) is 0. The van der Waals surface area contributed by atoms with Crippen LogP contribution in [0, 0.1) is 0 Å². The first-order chi connectivity index (χ1) is 29.7. The van der Waals surface area contributed by atoms with E-state index in [2.05, 4.69) is 206 Å². The molecule has 0 aliphatic carbocycles. The number of furan rings is 1. The molecule has 12 aromatic rings. The second-order valence-electron chi connectivity index (χ2n) is 15.3. The Balaban J connectivity index is 1.08. The van der Waals surface area contributed by atoms with Crippen LogP contribution in [0.4, 0.5) is 0 Å². The largest absolute Gasteiger partial charge is 0.455 e. The van der Waals surface area contributed by atoms with Crippen LogP contribution in [-0.4, -0.2) is 9.97 Å². The molecule has 0 amide bonds. The Hall–Kier alpha value is -7.66. The third-order valence-corrected chi connectivity index (χ3v) is 12.9. The first-order valence-electron chi connectivity index (χ1n) is 20.2. The highest BCUT2D eigenvalue weighted by Crippen LogP contribution is 2.45. The molecular formula is C56H34N2OS. The maximum Gasteiger partial charge on any atom is 0.161 e. The standard InChI is InChI=1S/C56H34N2OS/c1-4-15-35(16-5-1)38-27-29-39(30-28-38)52-55-53(46-23-12-13-26-50(46)60-55)58-56(57-52)48-34-49-51(45-22-11-10-21-44(45)48)47-25-14-24-43(54(47)59-49)42-32-40(36-17-6-2-7-18-36)31-41(33-42)37-19-8-3-9-20-37/h1-34H. The molecule has 0 unspecified atom stereocenters. The van der Waals surface area contributed by atoms with Gasteiger partial charge in [0.15, 0.2) is 5.82 Å². The topological polar surface area (TPSA) is 38.9 Å². The minimum absolute atomic E-state index is 0.676. The fourth-order valence-electron chi connectivity index (χ4n) is 8.81. The average Bonchev–Trinajstić information content (AvgIpc) is 3.90. The molecule has 0 atom stereocenters. The molecule has 60 heavy (non-hydrogen) atoms. The maximum atomic E-state index is 7.06. The van der Waals surface area contributed by atoms with Crippen molar-refractivity contribution >= 4 is 64.4 Å². The quantitative estimate of drug-likeness (QED) is 0.169. The van der Waals surface area contributed by atoms with Crippen molar-refractivity contribution in [2.24, 2.45) is 0 Å². The molecule has 0 saturated carbocycles. The lowest BCUT2D eigenvalue weighted by molar-refractivity contribution is 0.670. The molecule has 0 fully saturated rings. The van der Waals surface area contributed by atoms with Gasteiger partial charge < -0.3 is 4.42 Å². The normalized spacial score (nSPS) is 11.7. The zero-order valence-electron chi connectivity index (χ0n) is 32.3. The number of hydrogen-bond acceptors (Lipinski definition) is 4. The molecular weight excluding hydrogens is 749 g/mol. The summed E-state index contributed by atoms with van der Waals surface area (Å²) in [6, 6.07) is 73.2. The van der Waals surface area contributed by atoms with Gasteiger partial charge in [-0.15, -0.1) is 11.3 Å².